The van der Waals surface area contributed by atoms with Crippen LogP contribution in [0.4, 0.5) is 0 Å². The molecule has 0 saturated carbocycles. The summed E-state index contributed by atoms with van der Waals surface area (Å²) in [6.07, 6.45) is 0.257. The molecule has 0 aliphatic carbocycles. The fourth-order valence-electron chi connectivity index (χ4n) is 2.57. The highest BCUT2D eigenvalue weighted by atomic mass is 32.2. The zero-order valence-electron chi connectivity index (χ0n) is 16.9. The van der Waals surface area contributed by atoms with Gasteiger partial charge in [0.05, 0.1) is 18.2 Å². The Morgan fingerprint density at radius 1 is 1.37 bits per heavy atom. The molecule has 1 aromatic rings. The number of ether oxygens (including phenoxy) is 2. The van der Waals surface area contributed by atoms with Crippen molar-refractivity contribution in [3.63, 3.8) is 0 Å². The molecule has 0 amide bonds. The second-order valence-electron chi connectivity index (χ2n) is 5.35. The molecule has 0 bridgehead atoms. The Balaban J connectivity index is 0.00000158. The van der Waals surface area contributed by atoms with Crippen molar-refractivity contribution in [1.29, 1.82) is 0 Å². The molecule has 0 spiro atoms. The van der Waals surface area contributed by atoms with Gasteiger partial charge in [0.2, 0.25) is 0 Å². The van der Waals surface area contributed by atoms with Crippen LogP contribution in [0.5, 0.6) is 0 Å². The van der Waals surface area contributed by atoms with Crippen LogP contribution < -0.4 is 5.32 Å². The van der Waals surface area contributed by atoms with Gasteiger partial charge >= 0.3 is 5.97 Å². The minimum absolute atomic E-state index is 0.163. The molecule has 3 atom stereocenters. The van der Waals surface area contributed by atoms with Crippen LogP contribution in [0.2, 0.25) is 0 Å². The van der Waals surface area contributed by atoms with Crippen LogP contribution in [-0.2, 0) is 14.3 Å². The first-order valence-corrected chi connectivity index (χ1v) is 10.5. The summed E-state index contributed by atoms with van der Waals surface area (Å²) in [7, 11) is 1.69. The number of hydrogen-bond donors (Lipinski definition) is 2. The van der Waals surface area contributed by atoms with E-state index in [2.05, 4.69) is 5.32 Å². The SMILES string of the molecule is CC.CC.CNC(CSC=O)C1(O)CC(OC(=O)c2ccccc2)CCO1. The van der Waals surface area contributed by atoms with E-state index in [0.29, 0.717) is 17.7 Å². The number of likely N-dealkylation sites (N-methyl/N-ethyl adjacent to an activating group) is 1. The van der Waals surface area contributed by atoms with E-state index in [0.717, 1.165) is 17.4 Å². The highest BCUT2D eigenvalue weighted by molar-refractivity contribution is 8.11. The van der Waals surface area contributed by atoms with E-state index in [1.807, 2.05) is 33.8 Å². The number of benzene rings is 1. The summed E-state index contributed by atoms with van der Waals surface area (Å²) in [5.41, 5.74) is 1.20. The summed E-state index contributed by atoms with van der Waals surface area (Å²) < 4.78 is 11.0. The molecular formula is C20H33NO5S. The van der Waals surface area contributed by atoms with Crippen LogP contribution in [0.3, 0.4) is 0 Å². The molecule has 1 aromatic carbocycles. The number of nitrogens with one attached hydrogen (secondary N) is 1. The van der Waals surface area contributed by atoms with Gasteiger partial charge in [-0.1, -0.05) is 57.7 Å². The number of rotatable bonds is 7. The number of carbonyl (C=O) groups excluding carboxylic acids is 2. The Morgan fingerprint density at radius 2 is 2.00 bits per heavy atom. The maximum absolute atomic E-state index is 12.1. The second kappa shape index (κ2) is 14.6. The molecule has 1 aliphatic heterocycles. The minimum Gasteiger partial charge on any atom is -0.458 e. The predicted octanol–water partition coefficient (Wildman–Crippen LogP) is 3.27. The molecule has 154 valence electrons. The summed E-state index contributed by atoms with van der Waals surface area (Å²) in [4.78, 5) is 22.6. The van der Waals surface area contributed by atoms with E-state index in [4.69, 9.17) is 9.47 Å². The largest absolute Gasteiger partial charge is 0.458 e. The standard InChI is InChI=1S/C16H21NO5S.2C2H6/c1-17-14(10-23-11-18)16(20)9-13(7-8-21-16)22-15(19)12-5-3-2-4-6-12;2*1-2/h2-6,11,13-14,17,20H,7-10H2,1H3;2*1-2H3. The molecule has 27 heavy (non-hydrogen) atoms. The number of thioether (sulfide) groups is 1. The number of aliphatic hydroxyl groups is 1. The lowest BCUT2D eigenvalue weighted by molar-refractivity contribution is -0.255. The van der Waals surface area contributed by atoms with Crippen molar-refractivity contribution in [3.05, 3.63) is 35.9 Å². The quantitative estimate of drug-likeness (QED) is 0.538. The Morgan fingerprint density at radius 3 is 2.56 bits per heavy atom. The average molecular weight is 400 g/mol. The van der Waals surface area contributed by atoms with Crippen molar-refractivity contribution >= 4 is 23.3 Å². The Hall–Kier alpha value is -1.41. The van der Waals surface area contributed by atoms with Gasteiger partial charge in [0.1, 0.15) is 6.10 Å². The maximum atomic E-state index is 12.1. The fraction of sp³-hybridized carbons (Fsp3) is 0.600. The first kappa shape index (κ1) is 25.6. The van der Waals surface area contributed by atoms with Gasteiger partial charge in [-0.2, -0.15) is 0 Å². The number of hydrogen-bond acceptors (Lipinski definition) is 7. The van der Waals surface area contributed by atoms with E-state index in [9.17, 15) is 14.7 Å². The molecule has 0 radical (unpaired) electrons. The molecule has 1 aliphatic rings. The topological polar surface area (TPSA) is 84.9 Å². The normalized spacial score (nSPS) is 22.2. The third-order valence-electron chi connectivity index (χ3n) is 3.82. The van der Waals surface area contributed by atoms with Gasteiger partial charge in [0, 0.05) is 18.6 Å². The van der Waals surface area contributed by atoms with Crippen LogP contribution in [-0.4, -0.2) is 54.0 Å². The monoisotopic (exact) mass is 399 g/mol. The lowest BCUT2D eigenvalue weighted by Gasteiger charge is -2.41. The highest BCUT2D eigenvalue weighted by Gasteiger charge is 2.43. The molecule has 2 N–H and O–H groups in total. The Bertz CT molecular complexity index is 528. The fourth-order valence-corrected chi connectivity index (χ4v) is 3.26. The van der Waals surface area contributed by atoms with Crippen molar-refractivity contribution in [2.75, 3.05) is 19.4 Å². The van der Waals surface area contributed by atoms with Crippen LogP contribution in [0.15, 0.2) is 30.3 Å². The molecule has 0 aromatic heterocycles. The molecule has 1 fully saturated rings. The molecule has 7 heteroatoms. The first-order valence-electron chi connectivity index (χ1n) is 9.44. The molecule has 1 saturated heterocycles. The number of carbonyl (C=O) groups is 2. The van der Waals surface area contributed by atoms with Crippen molar-refractivity contribution in [2.24, 2.45) is 0 Å². The van der Waals surface area contributed by atoms with Gasteiger partial charge in [-0.25, -0.2) is 4.79 Å². The van der Waals surface area contributed by atoms with Crippen LogP contribution in [0.1, 0.15) is 50.9 Å². The third kappa shape index (κ3) is 8.43. The van der Waals surface area contributed by atoms with E-state index in [-0.39, 0.29) is 13.0 Å². The van der Waals surface area contributed by atoms with E-state index in [1.54, 1.807) is 31.3 Å². The summed E-state index contributed by atoms with van der Waals surface area (Å²) in [6, 6.07) is 8.30. The Labute approximate surface area is 167 Å². The molecule has 3 unspecified atom stereocenters. The van der Waals surface area contributed by atoms with Crippen LogP contribution in [0.25, 0.3) is 0 Å². The molecular weight excluding hydrogens is 366 g/mol. The summed E-state index contributed by atoms with van der Waals surface area (Å²) >= 11 is 1.05. The highest BCUT2D eigenvalue weighted by Crippen LogP contribution is 2.29. The van der Waals surface area contributed by atoms with Crippen molar-refractivity contribution in [1.82, 2.24) is 5.32 Å². The van der Waals surface area contributed by atoms with E-state index in [1.165, 1.54) is 0 Å². The van der Waals surface area contributed by atoms with Gasteiger partial charge < -0.3 is 19.9 Å². The lowest BCUT2D eigenvalue weighted by atomic mass is 9.96. The zero-order chi connectivity index (χ0) is 20.7. The van der Waals surface area contributed by atoms with Gasteiger partial charge in [0.15, 0.2) is 11.4 Å². The van der Waals surface area contributed by atoms with Gasteiger partial charge in [0.25, 0.3) is 0 Å². The van der Waals surface area contributed by atoms with Crippen LogP contribution in [0, 0.1) is 0 Å². The first-order chi connectivity index (χ1) is 13.1. The van der Waals surface area contributed by atoms with Crippen molar-refractivity contribution in [3.8, 4) is 0 Å². The van der Waals surface area contributed by atoms with Gasteiger partial charge in [-0.15, -0.1) is 0 Å². The lowest BCUT2D eigenvalue weighted by Crippen LogP contribution is -2.57. The smallest absolute Gasteiger partial charge is 0.338 e. The second-order valence-corrected chi connectivity index (χ2v) is 6.21. The number of esters is 1. The van der Waals surface area contributed by atoms with Crippen molar-refractivity contribution < 1.29 is 24.2 Å². The van der Waals surface area contributed by atoms with E-state index < -0.39 is 23.9 Å². The third-order valence-corrected chi connectivity index (χ3v) is 4.48. The van der Waals surface area contributed by atoms with Gasteiger partial charge in [-0.3, -0.25) is 4.79 Å². The molecule has 1 heterocycles. The summed E-state index contributed by atoms with van der Waals surface area (Å²) in [6.45, 7) is 8.28. The summed E-state index contributed by atoms with van der Waals surface area (Å²) in [5, 5.41) is 13.7. The maximum Gasteiger partial charge on any atom is 0.338 e. The van der Waals surface area contributed by atoms with Crippen molar-refractivity contribution in [2.45, 2.75) is 58.5 Å². The van der Waals surface area contributed by atoms with E-state index >= 15 is 0 Å². The molecule has 6 nitrogen and oxygen atoms in total. The van der Waals surface area contributed by atoms with Crippen LogP contribution >= 0.6 is 11.8 Å². The average Bonchev–Trinajstić information content (AvgIpc) is 2.72. The van der Waals surface area contributed by atoms with Gasteiger partial charge in [-0.05, 0) is 19.2 Å². The Kier molecular flexibility index (Phi) is 13.9. The summed E-state index contributed by atoms with van der Waals surface area (Å²) in [5.74, 6) is -1.51. The molecule has 2 rings (SSSR count). The predicted molar refractivity (Wildman–Crippen MR) is 111 cm³/mol. The minimum atomic E-state index is -1.47. The zero-order valence-corrected chi connectivity index (χ0v) is 17.8.